The highest BCUT2D eigenvalue weighted by Gasteiger charge is 2.17. The molecular weight excluding hydrogens is 253 g/mol. The van der Waals surface area contributed by atoms with Crippen LogP contribution < -0.4 is 22.5 Å². The number of quaternary nitrogens is 2. The Balaban J connectivity index is 0. The molecule has 1 aromatic carbocycles. The van der Waals surface area contributed by atoms with Crippen molar-refractivity contribution in [2.45, 2.75) is 0 Å². The third-order valence-electron chi connectivity index (χ3n) is 1.71. The van der Waals surface area contributed by atoms with Crippen molar-refractivity contribution < 1.29 is 29.1 Å². The van der Waals surface area contributed by atoms with Crippen LogP contribution in [0.25, 0.3) is 0 Å². The first-order valence-electron chi connectivity index (χ1n) is 3.75. The average molecular weight is 263 g/mol. The Morgan fingerprint density at radius 2 is 1.61 bits per heavy atom. The number of carbonyl (C=O) groups is 2. The van der Waals surface area contributed by atoms with Crippen molar-refractivity contribution in [3.05, 3.63) is 39.2 Å². The van der Waals surface area contributed by atoms with Crippen molar-refractivity contribution in [1.29, 1.82) is 0 Å². The predicted molar refractivity (Wildman–Crippen MR) is 53.7 cm³/mol. The lowest BCUT2D eigenvalue weighted by molar-refractivity contribution is -0.385. The SMILES string of the molecule is O=C([O-])c1cc([N+](=O)[O-])cc(F)c1C(=O)[O-].[NH4+].[NH4+]. The Morgan fingerprint density at radius 3 is 1.94 bits per heavy atom. The maximum Gasteiger partial charge on any atom is 0.273 e. The number of nitrogens with zero attached hydrogens (tertiary/aromatic N) is 1. The van der Waals surface area contributed by atoms with E-state index in [9.17, 15) is 34.3 Å². The molecule has 0 aliphatic rings. The van der Waals surface area contributed by atoms with Crippen molar-refractivity contribution in [1.82, 2.24) is 12.3 Å². The first-order valence-corrected chi connectivity index (χ1v) is 3.75. The molecule has 9 nitrogen and oxygen atoms in total. The van der Waals surface area contributed by atoms with E-state index in [2.05, 4.69) is 0 Å². The molecule has 0 fully saturated rings. The number of nitro benzene ring substituents is 1. The standard InChI is InChI=1S/C8H4FNO6.2H3N/c9-5-2-3(10(15)16)1-4(7(11)12)6(5)8(13)14;;/h1-2H,(H,11,12)(H,13,14);2*1H3. The first-order chi connectivity index (χ1) is 7.34. The number of aromatic carboxylic acids is 2. The molecule has 0 saturated heterocycles. The number of non-ortho nitro benzene ring substituents is 1. The van der Waals surface area contributed by atoms with Crippen LogP contribution in [-0.2, 0) is 0 Å². The minimum atomic E-state index is -2.09. The number of rotatable bonds is 3. The van der Waals surface area contributed by atoms with Gasteiger partial charge in [-0.05, 0) is 0 Å². The van der Waals surface area contributed by atoms with Crippen LogP contribution in [0.4, 0.5) is 10.1 Å². The molecule has 8 N–H and O–H groups in total. The van der Waals surface area contributed by atoms with Gasteiger partial charge in [0.2, 0.25) is 0 Å². The molecule has 0 spiro atoms. The molecule has 18 heavy (non-hydrogen) atoms. The highest BCUT2D eigenvalue weighted by Crippen LogP contribution is 2.20. The average Bonchev–Trinajstić information content (AvgIpc) is 2.15. The normalized spacial score (nSPS) is 8.72. The van der Waals surface area contributed by atoms with Gasteiger partial charge < -0.3 is 32.1 Å². The maximum atomic E-state index is 13.1. The van der Waals surface area contributed by atoms with Crippen molar-refractivity contribution in [3.8, 4) is 0 Å². The van der Waals surface area contributed by atoms with E-state index < -0.39 is 39.5 Å². The molecule has 0 aliphatic heterocycles. The van der Waals surface area contributed by atoms with Crippen LogP contribution in [0.1, 0.15) is 20.7 Å². The van der Waals surface area contributed by atoms with E-state index in [0.29, 0.717) is 6.07 Å². The second-order valence-electron chi connectivity index (χ2n) is 2.68. The van der Waals surface area contributed by atoms with E-state index in [1.807, 2.05) is 0 Å². The van der Waals surface area contributed by atoms with Gasteiger partial charge in [-0.2, -0.15) is 0 Å². The van der Waals surface area contributed by atoms with Gasteiger partial charge in [0.1, 0.15) is 5.82 Å². The van der Waals surface area contributed by atoms with Crippen LogP contribution in [0.5, 0.6) is 0 Å². The molecule has 0 atom stereocenters. The number of halogens is 1. The van der Waals surface area contributed by atoms with Gasteiger partial charge in [0.25, 0.3) is 5.69 Å². The molecule has 10 heteroatoms. The smallest absolute Gasteiger partial charge is 0.273 e. The molecule has 100 valence electrons. The molecule has 1 aromatic rings. The summed E-state index contributed by atoms with van der Waals surface area (Å²) in [4.78, 5) is 30.1. The third kappa shape index (κ3) is 3.20. The Bertz CT molecular complexity index is 504. The number of carboxylic acids is 2. The van der Waals surface area contributed by atoms with Gasteiger partial charge in [-0.3, -0.25) is 10.1 Å². The Morgan fingerprint density at radius 1 is 1.11 bits per heavy atom. The molecule has 0 bridgehead atoms. The lowest BCUT2D eigenvalue weighted by atomic mass is 10.1. The van der Waals surface area contributed by atoms with Crippen LogP contribution in [0, 0.1) is 15.9 Å². The van der Waals surface area contributed by atoms with Crippen molar-refractivity contribution in [3.63, 3.8) is 0 Å². The van der Waals surface area contributed by atoms with Crippen molar-refractivity contribution in [2.75, 3.05) is 0 Å². The minimum absolute atomic E-state index is 0. The Hall–Kier alpha value is -2.59. The van der Waals surface area contributed by atoms with Crippen molar-refractivity contribution in [2.24, 2.45) is 0 Å². The maximum absolute atomic E-state index is 13.1. The van der Waals surface area contributed by atoms with Gasteiger partial charge in [-0.15, -0.1) is 0 Å². The van der Waals surface area contributed by atoms with E-state index >= 15 is 0 Å². The van der Waals surface area contributed by atoms with Crippen LogP contribution >= 0.6 is 0 Å². The van der Waals surface area contributed by atoms with Gasteiger partial charge in [-0.25, -0.2) is 4.39 Å². The molecule has 0 heterocycles. The Kier molecular flexibility index (Phi) is 6.15. The number of carbonyl (C=O) groups excluding carboxylic acids is 2. The van der Waals surface area contributed by atoms with Crippen molar-refractivity contribution >= 4 is 17.6 Å². The summed E-state index contributed by atoms with van der Waals surface area (Å²) in [5, 5.41) is 31.1. The fourth-order valence-electron chi connectivity index (χ4n) is 1.07. The summed E-state index contributed by atoms with van der Waals surface area (Å²) in [5.74, 6) is -5.69. The largest absolute Gasteiger partial charge is 0.545 e. The summed E-state index contributed by atoms with van der Waals surface area (Å²) < 4.78 is 13.1. The summed E-state index contributed by atoms with van der Waals surface area (Å²) in [6.45, 7) is 0. The number of benzene rings is 1. The summed E-state index contributed by atoms with van der Waals surface area (Å²) >= 11 is 0. The molecule has 0 aromatic heterocycles. The second kappa shape index (κ2) is 6.22. The van der Waals surface area contributed by atoms with E-state index in [1.165, 1.54) is 0 Å². The third-order valence-corrected chi connectivity index (χ3v) is 1.71. The van der Waals surface area contributed by atoms with Crippen LogP contribution in [-0.4, -0.2) is 16.9 Å². The van der Waals surface area contributed by atoms with Gasteiger partial charge in [0.05, 0.1) is 22.9 Å². The molecule has 0 amide bonds. The topological polar surface area (TPSA) is 196 Å². The summed E-state index contributed by atoms with van der Waals surface area (Å²) in [7, 11) is 0. The zero-order valence-electron chi connectivity index (χ0n) is 9.43. The molecule has 0 aliphatic carbocycles. The number of nitro groups is 1. The highest BCUT2D eigenvalue weighted by atomic mass is 19.1. The fourth-order valence-corrected chi connectivity index (χ4v) is 1.07. The van der Waals surface area contributed by atoms with E-state index in [4.69, 9.17) is 0 Å². The van der Waals surface area contributed by atoms with Gasteiger partial charge in [0, 0.05) is 17.2 Å². The second-order valence-corrected chi connectivity index (χ2v) is 2.68. The lowest BCUT2D eigenvalue weighted by Crippen LogP contribution is -2.31. The highest BCUT2D eigenvalue weighted by molar-refractivity contribution is 6.00. The monoisotopic (exact) mass is 263 g/mol. The molecule has 0 unspecified atom stereocenters. The summed E-state index contributed by atoms with van der Waals surface area (Å²) in [6, 6.07) is 0.682. The number of hydrogen-bond donors (Lipinski definition) is 2. The quantitative estimate of drug-likeness (QED) is 0.528. The zero-order valence-corrected chi connectivity index (χ0v) is 9.43. The van der Waals surface area contributed by atoms with E-state index in [1.54, 1.807) is 0 Å². The van der Waals surface area contributed by atoms with Crippen LogP contribution in [0.2, 0.25) is 0 Å². The summed E-state index contributed by atoms with van der Waals surface area (Å²) in [6.07, 6.45) is 0. The first kappa shape index (κ1) is 17.8. The zero-order chi connectivity index (χ0) is 12.5. The Labute approximate surface area is 99.2 Å². The van der Waals surface area contributed by atoms with E-state index in [-0.39, 0.29) is 18.4 Å². The van der Waals surface area contributed by atoms with Gasteiger partial charge in [0.15, 0.2) is 0 Å². The molecule has 1 rings (SSSR count). The van der Waals surface area contributed by atoms with Crippen LogP contribution in [0.3, 0.4) is 0 Å². The summed E-state index contributed by atoms with van der Waals surface area (Å²) in [5.41, 5.74) is -3.29. The number of carboxylic acid groups (broad SMARTS) is 2. The molecule has 0 saturated carbocycles. The van der Waals surface area contributed by atoms with E-state index in [0.717, 1.165) is 0 Å². The predicted octanol–water partition coefficient (Wildman–Crippen LogP) is -0.787. The minimum Gasteiger partial charge on any atom is -0.545 e. The van der Waals surface area contributed by atoms with Gasteiger partial charge >= 0.3 is 0 Å². The fraction of sp³-hybridized carbons (Fsp3) is 0. The number of hydrogen-bond acceptors (Lipinski definition) is 6. The molecular formula is C8H10FN3O6. The molecule has 0 radical (unpaired) electrons. The van der Waals surface area contributed by atoms with Gasteiger partial charge in [-0.1, -0.05) is 0 Å². The lowest BCUT2D eigenvalue weighted by Gasteiger charge is -2.11. The van der Waals surface area contributed by atoms with Crippen LogP contribution in [0.15, 0.2) is 12.1 Å².